The van der Waals surface area contributed by atoms with E-state index >= 15 is 0 Å². The van der Waals surface area contributed by atoms with Gasteiger partial charge in [0.05, 0.1) is 13.2 Å². The van der Waals surface area contributed by atoms with E-state index in [2.05, 4.69) is 0 Å². The van der Waals surface area contributed by atoms with Crippen LogP contribution in [0, 0.1) is 17.2 Å². The van der Waals surface area contributed by atoms with Gasteiger partial charge in [0.2, 0.25) is 5.91 Å². The first-order valence-corrected chi connectivity index (χ1v) is 5.46. The highest BCUT2D eigenvalue weighted by atomic mass is 16.5. The number of phenols is 1. The first-order chi connectivity index (χ1) is 8.49. The summed E-state index contributed by atoms with van der Waals surface area (Å²) < 4.78 is 4.93. The Morgan fingerprint density at radius 3 is 2.67 bits per heavy atom. The smallest absolute Gasteiger partial charge is 0.239 e. The molecule has 0 aliphatic heterocycles. The van der Waals surface area contributed by atoms with Crippen LogP contribution >= 0.6 is 0 Å². The zero-order valence-corrected chi connectivity index (χ0v) is 10.7. The Kier molecular flexibility index (Phi) is 4.55. The third-order valence-electron chi connectivity index (χ3n) is 2.58. The van der Waals surface area contributed by atoms with Crippen LogP contribution in [0.25, 0.3) is 0 Å². The molecule has 1 amide bonds. The summed E-state index contributed by atoms with van der Waals surface area (Å²) in [5.41, 5.74) is 0.718. The molecule has 1 N–H and O–H groups in total. The number of rotatable bonds is 4. The van der Waals surface area contributed by atoms with E-state index < -0.39 is 5.92 Å². The van der Waals surface area contributed by atoms with Gasteiger partial charge < -0.3 is 14.7 Å². The molecular weight excluding hydrogens is 232 g/mol. The largest absolute Gasteiger partial charge is 0.504 e. The van der Waals surface area contributed by atoms with Gasteiger partial charge in [-0.3, -0.25) is 4.79 Å². The van der Waals surface area contributed by atoms with E-state index in [1.54, 1.807) is 26.2 Å². The summed E-state index contributed by atoms with van der Waals surface area (Å²) in [5.74, 6) is -0.615. The number of hydrogen-bond donors (Lipinski definition) is 1. The van der Waals surface area contributed by atoms with Crippen LogP contribution in [0.4, 0.5) is 0 Å². The molecule has 1 unspecified atom stereocenters. The van der Waals surface area contributed by atoms with E-state index in [1.807, 2.05) is 6.07 Å². The van der Waals surface area contributed by atoms with Gasteiger partial charge in [0.25, 0.3) is 0 Å². The van der Waals surface area contributed by atoms with E-state index in [-0.39, 0.29) is 18.1 Å². The molecule has 5 heteroatoms. The molecule has 0 spiro atoms. The van der Waals surface area contributed by atoms with Crippen LogP contribution in [0.1, 0.15) is 5.56 Å². The number of carbonyl (C=O) groups is 1. The van der Waals surface area contributed by atoms with Gasteiger partial charge in [-0.25, -0.2) is 0 Å². The normalized spacial score (nSPS) is 11.4. The Hall–Kier alpha value is -2.22. The number of phenolic OH excluding ortho intramolecular Hbond substituents is 1. The van der Waals surface area contributed by atoms with E-state index in [1.165, 1.54) is 18.1 Å². The van der Waals surface area contributed by atoms with Crippen LogP contribution in [-0.4, -0.2) is 37.1 Å². The van der Waals surface area contributed by atoms with Gasteiger partial charge in [0.1, 0.15) is 5.92 Å². The fourth-order valence-electron chi connectivity index (χ4n) is 1.60. The highest BCUT2D eigenvalue weighted by molar-refractivity contribution is 5.81. The predicted octanol–water partition coefficient (Wildman–Crippen LogP) is 1.17. The van der Waals surface area contributed by atoms with E-state index in [4.69, 9.17) is 10.00 Å². The second-order valence-corrected chi connectivity index (χ2v) is 4.12. The summed E-state index contributed by atoms with van der Waals surface area (Å²) >= 11 is 0. The molecule has 1 rings (SSSR count). The molecule has 0 aliphatic carbocycles. The maximum Gasteiger partial charge on any atom is 0.239 e. The average Bonchev–Trinajstić information content (AvgIpc) is 2.35. The lowest BCUT2D eigenvalue weighted by molar-refractivity contribution is -0.131. The van der Waals surface area contributed by atoms with Crippen molar-refractivity contribution in [3.8, 4) is 17.6 Å². The monoisotopic (exact) mass is 248 g/mol. The van der Waals surface area contributed by atoms with Crippen molar-refractivity contribution in [1.82, 2.24) is 4.90 Å². The van der Waals surface area contributed by atoms with Crippen LogP contribution in [0.5, 0.6) is 11.5 Å². The average molecular weight is 248 g/mol. The Bertz CT molecular complexity index is 478. The van der Waals surface area contributed by atoms with E-state index in [9.17, 15) is 9.90 Å². The Labute approximate surface area is 106 Å². The standard InChI is InChI=1S/C13H16N2O3/c1-15(2)13(17)10(8-14)6-9-4-5-12(18-3)11(16)7-9/h4-5,7,10,16H,6H2,1-3H3. The van der Waals surface area contributed by atoms with E-state index in [0.29, 0.717) is 5.75 Å². The summed E-state index contributed by atoms with van der Waals surface area (Å²) in [6.07, 6.45) is 0.269. The second-order valence-electron chi connectivity index (χ2n) is 4.12. The van der Waals surface area contributed by atoms with Crippen molar-refractivity contribution >= 4 is 5.91 Å². The molecule has 0 aliphatic rings. The first kappa shape index (κ1) is 13.8. The molecule has 1 aromatic rings. The highest BCUT2D eigenvalue weighted by Crippen LogP contribution is 2.27. The number of benzene rings is 1. The second kappa shape index (κ2) is 5.92. The number of ether oxygens (including phenoxy) is 1. The van der Waals surface area contributed by atoms with Gasteiger partial charge in [-0.15, -0.1) is 0 Å². The van der Waals surface area contributed by atoms with Crippen LogP contribution in [0.3, 0.4) is 0 Å². The number of nitriles is 1. The minimum atomic E-state index is -0.743. The van der Waals surface area contributed by atoms with Crippen molar-refractivity contribution in [2.75, 3.05) is 21.2 Å². The number of aromatic hydroxyl groups is 1. The first-order valence-electron chi connectivity index (χ1n) is 5.46. The van der Waals surface area contributed by atoms with Crippen LogP contribution < -0.4 is 4.74 Å². The fraction of sp³-hybridized carbons (Fsp3) is 0.385. The van der Waals surface area contributed by atoms with Crippen LogP contribution in [0.15, 0.2) is 18.2 Å². The lowest BCUT2D eigenvalue weighted by atomic mass is 9.99. The molecule has 0 aromatic heterocycles. The molecule has 0 saturated heterocycles. The molecule has 1 atom stereocenters. The number of hydrogen-bond acceptors (Lipinski definition) is 4. The Morgan fingerprint density at radius 1 is 1.56 bits per heavy atom. The van der Waals surface area contributed by atoms with Gasteiger partial charge in [-0.1, -0.05) is 6.07 Å². The Morgan fingerprint density at radius 2 is 2.22 bits per heavy atom. The van der Waals surface area contributed by atoms with E-state index in [0.717, 1.165) is 5.56 Å². The molecule has 0 radical (unpaired) electrons. The summed E-state index contributed by atoms with van der Waals surface area (Å²) in [4.78, 5) is 13.1. The maximum absolute atomic E-state index is 11.7. The van der Waals surface area contributed by atoms with Crippen molar-refractivity contribution < 1.29 is 14.6 Å². The third kappa shape index (κ3) is 3.14. The number of carbonyl (C=O) groups excluding carboxylic acids is 1. The number of methoxy groups -OCH3 is 1. The molecule has 0 saturated carbocycles. The predicted molar refractivity (Wildman–Crippen MR) is 66.2 cm³/mol. The topological polar surface area (TPSA) is 73.6 Å². The summed E-state index contributed by atoms with van der Waals surface area (Å²) in [6, 6.07) is 6.82. The van der Waals surface area contributed by atoms with Crippen LogP contribution in [0.2, 0.25) is 0 Å². The molecule has 5 nitrogen and oxygen atoms in total. The molecule has 0 bridgehead atoms. The number of amides is 1. The van der Waals surface area contributed by atoms with Gasteiger partial charge in [-0.05, 0) is 24.1 Å². The molecule has 1 aromatic carbocycles. The SMILES string of the molecule is COc1ccc(CC(C#N)C(=O)N(C)C)cc1O. The van der Waals surface area contributed by atoms with Crippen molar-refractivity contribution in [2.24, 2.45) is 5.92 Å². The molecule has 18 heavy (non-hydrogen) atoms. The summed E-state index contributed by atoms with van der Waals surface area (Å²) in [6.45, 7) is 0. The Balaban J connectivity index is 2.87. The van der Waals surface area contributed by atoms with Gasteiger partial charge in [0.15, 0.2) is 11.5 Å². The summed E-state index contributed by atoms with van der Waals surface area (Å²) in [7, 11) is 4.68. The molecule has 0 fully saturated rings. The number of nitrogens with zero attached hydrogens (tertiary/aromatic N) is 2. The van der Waals surface area contributed by atoms with Crippen molar-refractivity contribution in [1.29, 1.82) is 5.26 Å². The van der Waals surface area contributed by atoms with Crippen LogP contribution in [-0.2, 0) is 11.2 Å². The zero-order chi connectivity index (χ0) is 13.7. The molecule has 96 valence electrons. The minimum absolute atomic E-state index is 0.00370. The van der Waals surface area contributed by atoms with Gasteiger partial charge >= 0.3 is 0 Å². The lowest BCUT2D eigenvalue weighted by Crippen LogP contribution is -2.30. The van der Waals surface area contributed by atoms with Crippen molar-refractivity contribution in [2.45, 2.75) is 6.42 Å². The molecular formula is C13H16N2O3. The van der Waals surface area contributed by atoms with Crippen molar-refractivity contribution in [3.63, 3.8) is 0 Å². The molecule has 0 heterocycles. The zero-order valence-electron chi connectivity index (χ0n) is 10.7. The quantitative estimate of drug-likeness (QED) is 0.868. The lowest BCUT2D eigenvalue weighted by Gasteiger charge is -2.15. The fourth-order valence-corrected chi connectivity index (χ4v) is 1.60. The maximum atomic E-state index is 11.7. The minimum Gasteiger partial charge on any atom is -0.504 e. The highest BCUT2D eigenvalue weighted by Gasteiger charge is 2.20. The van der Waals surface area contributed by atoms with Gasteiger partial charge in [-0.2, -0.15) is 5.26 Å². The third-order valence-corrected chi connectivity index (χ3v) is 2.58. The summed E-state index contributed by atoms with van der Waals surface area (Å²) in [5, 5.41) is 18.6. The van der Waals surface area contributed by atoms with Crippen molar-refractivity contribution in [3.05, 3.63) is 23.8 Å². The van der Waals surface area contributed by atoms with Gasteiger partial charge in [0, 0.05) is 14.1 Å².